The SMILES string of the molecule is CC(C)(C)NC(=O)CNCC(F)(F)F. The first-order valence-corrected chi connectivity index (χ1v) is 4.19. The average Bonchev–Trinajstić information content (AvgIpc) is 1.78. The summed E-state index contributed by atoms with van der Waals surface area (Å²) in [7, 11) is 0. The van der Waals surface area contributed by atoms with Gasteiger partial charge < -0.3 is 10.6 Å². The average molecular weight is 212 g/mol. The van der Waals surface area contributed by atoms with E-state index < -0.39 is 24.2 Å². The van der Waals surface area contributed by atoms with Crippen molar-refractivity contribution in [2.45, 2.75) is 32.5 Å². The quantitative estimate of drug-likeness (QED) is 0.734. The van der Waals surface area contributed by atoms with Crippen LogP contribution in [0.2, 0.25) is 0 Å². The number of rotatable bonds is 3. The Balaban J connectivity index is 3.66. The van der Waals surface area contributed by atoms with Gasteiger partial charge in [-0.3, -0.25) is 4.79 Å². The van der Waals surface area contributed by atoms with E-state index in [0.29, 0.717) is 0 Å². The predicted octanol–water partition coefficient (Wildman–Crippen LogP) is 1.05. The molecule has 0 atom stereocenters. The third kappa shape index (κ3) is 9.31. The number of alkyl halides is 3. The minimum Gasteiger partial charge on any atom is -0.350 e. The second kappa shape index (κ2) is 4.63. The summed E-state index contributed by atoms with van der Waals surface area (Å²) in [5, 5.41) is 4.55. The number of carbonyl (C=O) groups is 1. The van der Waals surface area contributed by atoms with E-state index in [1.165, 1.54) is 0 Å². The molecule has 0 saturated carbocycles. The third-order valence-electron chi connectivity index (χ3n) is 1.13. The second-order valence-electron chi connectivity index (χ2n) is 4.02. The van der Waals surface area contributed by atoms with Crippen LogP contribution in [0.4, 0.5) is 13.2 Å². The Morgan fingerprint density at radius 3 is 2.07 bits per heavy atom. The third-order valence-corrected chi connectivity index (χ3v) is 1.13. The van der Waals surface area contributed by atoms with Crippen molar-refractivity contribution in [3.8, 4) is 0 Å². The van der Waals surface area contributed by atoms with E-state index in [9.17, 15) is 18.0 Å². The summed E-state index contributed by atoms with van der Waals surface area (Å²) in [5.74, 6) is -0.443. The number of carbonyl (C=O) groups excluding carboxylic acids is 1. The molecule has 6 heteroatoms. The van der Waals surface area contributed by atoms with Crippen molar-refractivity contribution >= 4 is 5.91 Å². The molecule has 0 aromatic carbocycles. The Morgan fingerprint density at radius 1 is 1.21 bits per heavy atom. The highest BCUT2D eigenvalue weighted by Gasteiger charge is 2.26. The van der Waals surface area contributed by atoms with E-state index in [4.69, 9.17) is 0 Å². The number of hydrogen-bond donors (Lipinski definition) is 2. The van der Waals surface area contributed by atoms with Crippen molar-refractivity contribution in [3.63, 3.8) is 0 Å². The number of hydrogen-bond acceptors (Lipinski definition) is 2. The lowest BCUT2D eigenvalue weighted by Crippen LogP contribution is -2.46. The van der Waals surface area contributed by atoms with Gasteiger partial charge in [-0.2, -0.15) is 13.2 Å². The van der Waals surface area contributed by atoms with Crippen LogP contribution in [0.5, 0.6) is 0 Å². The van der Waals surface area contributed by atoms with Crippen LogP contribution >= 0.6 is 0 Å². The Bertz CT molecular complexity index is 196. The zero-order valence-corrected chi connectivity index (χ0v) is 8.46. The fourth-order valence-electron chi connectivity index (χ4n) is 0.780. The zero-order valence-electron chi connectivity index (χ0n) is 8.46. The van der Waals surface area contributed by atoms with Gasteiger partial charge in [0.15, 0.2) is 0 Å². The summed E-state index contributed by atoms with van der Waals surface area (Å²) in [6, 6.07) is 0. The molecule has 0 spiro atoms. The molecule has 0 aromatic rings. The summed E-state index contributed by atoms with van der Waals surface area (Å²) in [5.41, 5.74) is -0.420. The van der Waals surface area contributed by atoms with E-state index in [1.54, 1.807) is 20.8 Å². The first-order valence-electron chi connectivity index (χ1n) is 4.19. The standard InChI is InChI=1S/C8H15F3N2O/c1-7(2,3)13-6(14)4-12-5-8(9,10)11/h12H,4-5H2,1-3H3,(H,13,14). The van der Waals surface area contributed by atoms with Crippen molar-refractivity contribution in [2.24, 2.45) is 0 Å². The Hall–Kier alpha value is -0.780. The lowest BCUT2D eigenvalue weighted by atomic mass is 10.1. The molecular weight excluding hydrogens is 197 g/mol. The van der Waals surface area contributed by atoms with E-state index in [-0.39, 0.29) is 6.54 Å². The maximum Gasteiger partial charge on any atom is 0.401 e. The van der Waals surface area contributed by atoms with Gasteiger partial charge in [0.25, 0.3) is 0 Å². The Kier molecular flexibility index (Phi) is 4.38. The summed E-state index contributed by atoms with van der Waals surface area (Å²) in [4.78, 5) is 11.0. The highest BCUT2D eigenvalue weighted by molar-refractivity contribution is 5.78. The van der Waals surface area contributed by atoms with Gasteiger partial charge in [0, 0.05) is 5.54 Å². The van der Waals surface area contributed by atoms with Gasteiger partial charge in [-0.05, 0) is 20.8 Å². The van der Waals surface area contributed by atoms with Crippen molar-refractivity contribution < 1.29 is 18.0 Å². The molecule has 0 aliphatic heterocycles. The monoisotopic (exact) mass is 212 g/mol. The molecule has 0 unspecified atom stereocenters. The summed E-state index contributed by atoms with van der Waals surface area (Å²) in [6.45, 7) is 3.80. The molecule has 3 nitrogen and oxygen atoms in total. The first-order chi connectivity index (χ1) is 6.10. The number of nitrogens with one attached hydrogen (secondary N) is 2. The van der Waals surface area contributed by atoms with Crippen LogP contribution in [0.3, 0.4) is 0 Å². The lowest BCUT2D eigenvalue weighted by molar-refractivity contribution is -0.129. The van der Waals surface area contributed by atoms with Crippen molar-refractivity contribution in [3.05, 3.63) is 0 Å². The van der Waals surface area contributed by atoms with Crippen molar-refractivity contribution in [1.82, 2.24) is 10.6 Å². The maximum atomic E-state index is 11.6. The molecule has 0 fully saturated rings. The molecule has 0 radical (unpaired) electrons. The Morgan fingerprint density at radius 2 is 1.71 bits per heavy atom. The predicted molar refractivity (Wildman–Crippen MR) is 46.8 cm³/mol. The van der Waals surface area contributed by atoms with Crippen molar-refractivity contribution in [1.29, 1.82) is 0 Å². The minimum absolute atomic E-state index is 0.323. The summed E-state index contributed by atoms with van der Waals surface area (Å²) in [6.07, 6.45) is -4.28. The molecule has 0 aliphatic carbocycles. The van der Waals surface area contributed by atoms with Crippen LogP contribution in [0, 0.1) is 0 Å². The topological polar surface area (TPSA) is 41.1 Å². The van der Waals surface area contributed by atoms with Crippen LogP contribution in [0.1, 0.15) is 20.8 Å². The van der Waals surface area contributed by atoms with E-state index in [0.717, 1.165) is 0 Å². The molecule has 14 heavy (non-hydrogen) atoms. The van der Waals surface area contributed by atoms with Crippen LogP contribution in [0.25, 0.3) is 0 Å². The molecule has 0 rings (SSSR count). The Labute approximate surface area is 81.1 Å². The molecule has 0 aliphatic rings. The fourth-order valence-corrected chi connectivity index (χ4v) is 0.780. The fraction of sp³-hybridized carbons (Fsp3) is 0.875. The summed E-state index contributed by atoms with van der Waals surface area (Å²) >= 11 is 0. The normalized spacial score (nSPS) is 12.7. The molecular formula is C8H15F3N2O. The molecule has 0 bridgehead atoms. The largest absolute Gasteiger partial charge is 0.401 e. The molecule has 0 aromatic heterocycles. The zero-order chi connectivity index (χ0) is 11.4. The van der Waals surface area contributed by atoms with Gasteiger partial charge in [-0.25, -0.2) is 0 Å². The molecule has 84 valence electrons. The van der Waals surface area contributed by atoms with Crippen LogP contribution in [-0.2, 0) is 4.79 Å². The second-order valence-corrected chi connectivity index (χ2v) is 4.02. The highest BCUT2D eigenvalue weighted by atomic mass is 19.4. The lowest BCUT2D eigenvalue weighted by Gasteiger charge is -2.20. The van der Waals surface area contributed by atoms with Gasteiger partial charge in [0.1, 0.15) is 0 Å². The molecule has 0 saturated heterocycles. The van der Waals surface area contributed by atoms with Crippen molar-refractivity contribution in [2.75, 3.05) is 13.1 Å². The summed E-state index contributed by atoms with van der Waals surface area (Å²) < 4.78 is 34.9. The maximum absolute atomic E-state index is 11.6. The number of amides is 1. The van der Waals surface area contributed by atoms with Gasteiger partial charge >= 0.3 is 6.18 Å². The minimum atomic E-state index is -4.28. The highest BCUT2D eigenvalue weighted by Crippen LogP contribution is 2.11. The first kappa shape index (κ1) is 13.2. The number of halogens is 3. The van der Waals surface area contributed by atoms with Crippen LogP contribution < -0.4 is 10.6 Å². The van der Waals surface area contributed by atoms with Gasteiger partial charge in [-0.1, -0.05) is 0 Å². The van der Waals surface area contributed by atoms with Gasteiger partial charge in [-0.15, -0.1) is 0 Å². The molecule has 2 N–H and O–H groups in total. The molecule has 1 amide bonds. The van der Waals surface area contributed by atoms with Crippen LogP contribution in [0.15, 0.2) is 0 Å². The van der Waals surface area contributed by atoms with Gasteiger partial charge in [0.05, 0.1) is 13.1 Å². The van der Waals surface area contributed by atoms with E-state index in [1.807, 2.05) is 5.32 Å². The smallest absolute Gasteiger partial charge is 0.350 e. The van der Waals surface area contributed by atoms with E-state index >= 15 is 0 Å². The van der Waals surface area contributed by atoms with Gasteiger partial charge in [0.2, 0.25) is 5.91 Å². The van der Waals surface area contributed by atoms with Crippen LogP contribution in [-0.4, -0.2) is 30.7 Å². The van der Waals surface area contributed by atoms with E-state index in [2.05, 4.69) is 5.32 Å². The molecule has 0 heterocycles.